The molecule has 0 aliphatic carbocycles. The van der Waals surface area contributed by atoms with Gasteiger partial charge in [0, 0.05) is 6.54 Å². The lowest BCUT2D eigenvalue weighted by Gasteiger charge is -2.30. The van der Waals surface area contributed by atoms with Crippen molar-refractivity contribution in [3.05, 3.63) is 30.3 Å². The summed E-state index contributed by atoms with van der Waals surface area (Å²) in [6.07, 6.45) is 3.49. The second-order valence-corrected chi connectivity index (χ2v) is 6.75. The third-order valence-electron chi connectivity index (χ3n) is 3.27. The largest absolute Gasteiger partial charge is 0.316 e. The van der Waals surface area contributed by atoms with Crippen molar-refractivity contribution in [2.75, 3.05) is 30.2 Å². The van der Waals surface area contributed by atoms with Crippen LogP contribution in [0.5, 0.6) is 0 Å². The molecule has 1 aromatic carbocycles. The predicted octanol–water partition coefficient (Wildman–Crippen LogP) is 1.45. The second kappa shape index (κ2) is 5.71. The number of hydrogen-bond acceptors (Lipinski definition) is 3. The van der Waals surface area contributed by atoms with E-state index in [4.69, 9.17) is 0 Å². The van der Waals surface area contributed by atoms with E-state index in [9.17, 15) is 8.42 Å². The van der Waals surface area contributed by atoms with Gasteiger partial charge in [-0.15, -0.1) is 0 Å². The topological polar surface area (TPSA) is 49.4 Å². The van der Waals surface area contributed by atoms with E-state index >= 15 is 0 Å². The number of rotatable bonds is 4. The van der Waals surface area contributed by atoms with Crippen LogP contribution in [0.1, 0.15) is 12.8 Å². The first kappa shape index (κ1) is 13.4. The molecule has 2 rings (SSSR count). The normalized spacial score (nSPS) is 20.6. The summed E-state index contributed by atoms with van der Waals surface area (Å²) in [4.78, 5) is 0. The summed E-state index contributed by atoms with van der Waals surface area (Å²) in [7, 11) is -3.21. The SMILES string of the molecule is CS(=O)(=O)N(C[C@H]1CCCNC1)c1ccccc1. The molecule has 1 atom stereocenters. The summed E-state index contributed by atoms with van der Waals surface area (Å²) in [5.41, 5.74) is 0.755. The van der Waals surface area contributed by atoms with Gasteiger partial charge >= 0.3 is 0 Å². The van der Waals surface area contributed by atoms with Crippen LogP contribution >= 0.6 is 0 Å². The number of nitrogens with one attached hydrogen (secondary N) is 1. The monoisotopic (exact) mass is 268 g/mol. The second-order valence-electron chi connectivity index (χ2n) is 4.84. The first-order valence-corrected chi connectivity index (χ1v) is 8.15. The number of benzene rings is 1. The van der Waals surface area contributed by atoms with Crippen molar-refractivity contribution >= 4 is 15.7 Å². The number of nitrogens with zero attached hydrogens (tertiary/aromatic N) is 1. The number of hydrogen-bond donors (Lipinski definition) is 1. The Hall–Kier alpha value is -1.07. The summed E-state index contributed by atoms with van der Waals surface area (Å²) in [6.45, 7) is 2.51. The summed E-state index contributed by atoms with van der Waals surface area (Å²) < 4.78 is 25.3. The molecule has 0 amide bonds. The minimum Gasteiger partial charge on any atom is -0.316 e. The van der Waals surface area contributed by atoms with Gasteiger partial charge < -0.3 is 5.32 Å². The van der Waals surface area contributed by atoms with Crippen LogP contribution in [0, 0.1) is 5.92 Å². The van der Waals surface area contributed by atoms with Crippen LogP contribution in [0.2, 0.25) is 0 Å². The van der Waals surface area contributed by atoms with Crippen LogP contribution in [-0.4, -0.2) is 34.3 Å². The van der Waals surface area contributed by atoms with Gasteiger partial charge in [-0.1, -0.05) is 18.2 Å². The number of anilines is 1. The van der Waals surface area contributed by atoms with Crippen LogP contribution < -0.4 is 9.62 Å². The molecule has 0 unspecified atom stereocenters. The van der Waals surface area contributed by atoms with E-state index in [0.29, 0.717) is 12.5 Å². The van der Waals surface area contributed by atoms with Crippen LogP contribution in [0.15, 0.2) is 30.3 Å². The van der Waals surface area contributed by atoms with Gasteiger partial charge in [0.25, 0.3) is 0 Å². The number of para-hydroxylation sites is 1. The number of piperidine rings is 1. The van der Waals surface area contributed by atoms with E-state index < -0.39 is 10.0 Å². The lowest BCUT2D eigenvalue weighted by atomic mass is 10.00. The Balaban J connectivity index is 2.16. The molecule has 4 nitrogen and oxygen atoms in total. The fourth-order valence-corrected chi connectivity index (χ4v) is 3.33. The van der Waals surface area contributed by atoms with Crippen molar-refractivity contribution in [3.63, 3.8) is 0 Å². The minimum absolute atomic E-state index is 0.397. The van der Waals surface area contributed by atoms with Gasteiger partial charge in [0.15, 0.2) is 0 Å². The highest BCUT2D eigenvalue weighted by Crippen LogP contribution is 2.21. The van der Waals surface area contributed by atoms with Crippen LogP contribution in [-0.2, 0) is 10.0 Å². The highest BCUT2D eigenvalue weighted by molar-refractivity contribution is 7.92. The summed E-state index contributed by atoms with van der Waals surface area (Å²) in [5.74, 6) is 0.397. The van der Waals surface area contributed by atoms with Crippen molar-refractivity contribution < 1.29 is 8.42 Å². The molecule has 0 aromatic heterocycles. The number of sulfonamides is 1. The summed E-state index contributed by atoms with van der Waals surface area (Å²) in [6, 6.07) is 9.32. The molecule has 1 N–H and O–H groups in total. The molecule has 1 heterocycles. The average Bonchev–Trinajstić information content (AvgIpc) is 2.37. The van der Waals surface area contributed by atoms with Crippen molar-refractivity contribution in [2.24, 2.45) is 5.92 Å². The molecular weight excluding hydrogens is 248 g/mol. The van der Waals surface area contributed by atoms with Gasteiger partial charge in [-0.05, 0) is 44.0 Å². The Bertz CT molecular complexity index is 467. The Kier molecular flexibility index (Phi) is 4.24. The molecule has 18 heavy (non-hydrogen) atoms. The Labute approximate surface area is 109 Å². The van der Waals surface area contributed by atoms with E-state index in [-0.39, 0.29) is 0 Å². The standard InChI is InChI=1S/C13H20N2O2S/c1-18(16,17)15(13-7-3-2-4-8-13)11-12-6-5-9-14-10-12/h2-4,7-8,12,14H,5-6,9-11H2,1H3/t12-/m0/s1. The van der Waals surface area contributed by atoms with Gasteiger partial charge in [-0.25, -0.2) is 8.42 Å². The first-order chi connectivity index (χ1) is 8.57. The fourth-order valence-electron chi connectivity index (χ4n) is 2.34. The van der Waals surface area contributed by atoms with Crippen molar-refractivity contribution in [1.29, 1.82) is 0 Å². The van der Waals surface area contributed by atoms with E-state index in [1.54, 1.807) is 0 Å². The maximum Gasteiger partial charge on any atom is 0.232 e. The van der Waals surface area contributed by atoms with Crippen LogP contribution in [0.3, 0.4) is 0 Å². The third kappa shape index (κ3) is 3.46. The van der Waals surface area contributed by atoms with E-state index in [1.807, 2.05) is 30.3 Å². The van der Waals surface area contributed by atoms with Gasteiger partial charge in [-0.3, -0.25) is 4.31 Å². The molecule has 1 fully saturated rings. The lowest BCUT2D eigenvalue weighted by molar-refractivity contribution is 0.385. The maximum absolute atomic E-state index is 11.9. The quantitative estimate of drug-likeness (QED) is 0.899. The lowest BCUT2D eigenvalue weighted by Crippen LogP contribution is -2.40. The zero-order valence-corrected chi connectivity index (χ0v) is 11.5. The molecule has 0 spiro atoms. The van der Waals surface area contributed by atoms with E-state index in [0.717, 1.165) is 31.6 Å². The van der Waals surface area contributed by atoms with E-state index in [1.165, 1.54) is 10.6 Å². The first-order valence-electron chi connectivity index (χ1n) is 6.31. The predicted molar refractivity (Wildman–Crippen MR) is 74.2 cm³/mol. The van der Waals surface area contributed by atoms with Crippen molar-refractivity contribution in [1.82, 2.24) is 5.32 Å². The summed E-state index contributed by atoms with van der Waals surface area (Å²) >= 11 is 0. The highest BCUT2D eigenvalue weighted by atomic mass is 32.2. The molecule has 1 aliphatic rings. The van der Waals surface area contributed by atoms with Gasteiger partial charge in [0.2, 0.25) is 10.0 Å². The maximum atomic E-state index is 11.9. The van der Waals surface area contributed by atoms with Crippen molar-refractivity contribution in [3.8, 4) is 0 Å². The zero-order chi connectivity index (χ0) is 13.0. The Morgan fingerprint density at radius 1 is 1.33 bits per heavy atom. The molecule has 5 heteroatoms. The van der Waals surface area contributed by atoms with Crippen LogP contribution in [0.4, 0.5) is 5.69 Å². The third-order valence-corrected chi connectivity index (χ3v) is 4.43. The van der Waals surface area contributed by atoms with Crippen LogP contribution in [0.25, 0.3) is 0 Å². The Morgan fingerprint density at radius 3 is 2.61 bits per heavy atom. The molecule has 1 aliphatic heterocycles. The molecule has 0 saturated carbocycles. The molecule has 0 bridgehead atoms. The van der Waals surface area contributed by atoms with E-state index in [2.05, 4.69) is 5.32 Å². The fraction of sp³-hybridized carbons (Fsp3) is 0.538. The average molecular weight is 268 g/mol. The summed E-state index contributed by atoms with van der Waals surface area (Å²) in [5, 5.41) is 3.32. The molecule has 0 radical (unpaired) electrons. The van der Waals surface area contributed by atoms with Crippen molar-refractivity contribution in [2.45, 2.75) is 12.8 Å². The van der Waals surface area contributed by atoms with Gasteiger partial charge in [0.05, 0.1) is 11.9 Å². The molecule has 1 aromatic rings. The van der Waals surface area contributed by atoms with Gasteiger partial charge in [0.1, 0.15) is 0 Å². The van der Waals surface area contributed by atoms with Gasteiger partial charge in [-0.2, -0.15) is 0 Å². The minimum atomic E-state index is -3.21. The molecular formula is C13H20N2O2S. The molecule has 100 valence electrons. The smallest absolute Gasteiger partial charge is 0.232 e. The highest BCUT2D eigenvalue weighted by Gasteiger charge is 2.23. The molecule has 1 saturated heterocycles. The zero-order valence-electron chi connectivity index (χ0n) is 10.7. The Morgan fingerprint density at radius 2 is 2.06 bits per heavy atom.